The number of carbonyl (C=O) groups is 1. The number of nitrogens with one attached hydrogen (secondary N) is 1. The summed E-state index contributed by atoms with van der Waals surface area (Å²) < 4.78 is 18.9. The second-order valence-corrected chi connectivity index (χ2v) is 9.00. The summed E-state index contributed by atoms with van der Waals surface area (Å²) in [5.41, 5.74) is 1.23. The quantitative estimate of drug-likeness (QED) is 0.426. The maximum atomic E-state index is 13.2. The van der Waals surface area contributed by atoms with E-state index in [-0.39, 0.29) is 17.3 Å². The van der Waals surface area contributed by atoms with Crippen LogP contribution in [0.1, 0.15) is 22.6 Å². The molecule has 0 unspecified atom stereocenters. The first-order valence-corrected chi connectivity index (χ1v) is 11.1. The molecule has 3 aromatic rings. The molecule has 1 fully saturated rings. The Morgan fingerprint density at radius 3 is 2.65 bits per heavy atom. The zero-order valence-corrected chi connectivity index (χ0v) is 19.0. The minimum absolute atomic E-state index is 0.198. The van der Waals surface area contributed by atoms with Crippen molar-refractivity contribution in [2.45, 2.75) is 24.1 Å². The lowest BCUT2D eigenvalue weighted by molar-refractivity contribution is -0.534. The standard InChI is InChI=1S/C25H21ClFN3O4/c1-29-13-18(23(30(32)33)25(29)19-4-2-3-5-21(19)28-24(25)31)16-8-11-22(20(26)12-16)34-14-15-6-9-17(27)10-7-15/h2-12,18,23H,13-14H2,1H3,(H,28,31)/t18-,23+,25+/m1/s1. The SMILES string of the molecule is CN1C[C@H](c2ccc(OCc3ccc(F)cc3)c(Cl)c2)[C@H]([N+](=O)[O-])[C@@]12C(=O)Nc1ccccc12. The molecule has 2 heterocycles. The molecule has 0 aliphatic carbocycles. The molecule has 5 rings (SSSR count). The van der Waals surface area contributed by atoms with Crippen LogP contribution in [0.4, 0.5) is 10.1 Å². The molecule has 1 amide bonds. The number of rotatable bonds is 5. The van der Waals surface area contributed by atoms with Crippen LogP contribution in [0.3, 0.4) is 0 Å². The number of benzene rings is 3. The van der Waals surface area contributed by atoms with Crippen LogP contribution in [-0.4, -0.2) is 35.4 Å². The number of fused-ring (bicyclic) bond motifs is 2. The first-order chi connectivity index (χ1) is 16.3. The zero-order chi connectivity index (χ0) is 24.0. The minimum Gasteiger partial charge on any atom is -0.487 e. The highest BCUT2D eigenvalue weighted by Crippen LogP contribution is 2.52. The Morgan fingerprint density at radius 1 is 1.21 bits per heavy atom. The van der Waals surface area contributed by atoms with Gasteiger partial charge in [-0.25, -0.2) is 4.39 Å². The minimum atomic E-state index is -1.41. The van der Waals surface area contributed by atoms with E-state index in [9.17, 15) is 19.3 Å². The Morgan fingerprint density at radius 2 is 1.94 bits per heavy atom. The smallest absolute Gasteiger partial charge is 0.256 e. The van der Waals surface area contributed by atoms with E-state index in [1.165, 1.54) is 12.1 Å². The molecule has 2 aliphatic rings. The van der Waals surface area contributed by atoms with E-state index in [0.717, 1.165) is 5.56 Å². The summed E-state index contributed by atoms with van der Waals surface area (Å²) in [4.78, 5) is 27.0. The van der Waals surface area contributed by atoms with Gasteiger partial charge in [0.1, 0.15) is 18.2 Å². The molecule has 0 bridgehead atoms. The monoisotopic (exact) mass is 481 g/mol. The second kappa shape index (κ2) is 8.38. The largest absolute Gasteiger partial charge is 0.487 e. The Hall–Kier alpha value is -3.49. The molecule has 1 N–H and O–H groups in total. The lowest BCUT2D eigenvalue weighted by Crippen LogP contribution is -2.54. The van der Waals surface area contributed by atoms with E-state index in [0.29, 0.717) is 34.1 Å². The number of anilines is 1. The van der Waals surface area contributed by atoms with Gasteiger partial charge in [-0.05, 0) is 48.5 Å². The van der Waals surface area contributed by atoms with Crippen LogP contribution < -0.4 is 10.1 Å². The Labute approximate surface area is 200 Å². The molecule has 0 saturated carbocycles. The Kier molecular flexibility index (Phi) is 5.50. The number of para-hydroxylation sites is 1. The summed E-state index contributed by atoms with van der Waals surface area (Å²) in [7, 11) is 1.74. The molecule has 2 aliphatic heterocycles. The molecule has 3 atom stereocenters. The summed E-state index contributed by atoms with van der Waals surface area (Å²) in [6, 6.07) is 16.9. The molecule has 34 heavy (non-hydrogen) atoms. The number of carbonyl (C=O) groups excluding carboxylic acids is 1. The van der Waals surface area contributed by atoms with Crippen molar-refractivity contribution >= 4 is 23.2 Å². The van der Waals surface area contributed by atoms with Gasteiger partial charge in [0.05, 0.1) is 10.9 Å². The van der Waals surface area contributed by atoms with Crippen molar-refractivity contribution in [1.82, 2.24) is 4.90 Å². The summed E-state index contributed by atoms with van der Waals surface area (Å²) in [6.07, 6.45) is 0. The number of likely N-dealkylation sites (N-methyl/N-ethyl adjacent to an activating group) is 1. The highest BCUT2D eigenvalue weighted by Gasteiger charge is 2.68. The molecule has 0 radical (unpaired) electrons. The average Bonchev–Trinajstić information content (AvgIpc) is 3.29. The summed E-state index contributed by atoms with van der Waals surface area (Å²) >= 11 is 6.48. The van der Waals surface area contributed by atoms with Crippen molar-refractivity contribution in [3.63, 3.8) is 0 Å². The Balaban J connectivity index is 1.46. The van der Waals surface area contributed by atoms with E-state index in [4.69, 9.17) is 16.3 Å². The Bertz CT molecular complexity index is 1290. The van der Waals surface area contributed by atoms with E-state index < -0.39 is 23.4 Å². The normalized spacial score (nSPS) is 23.7. The third-order valence-corrected chi connectivity index (χ3v) is 7.03. The number of hydrogen-bond donors (Lipinski definition) is 1. The summed E-state index contributed by atoms with van der Waals surface area (Å²) in [5.74, 6) is -0.881. The van der Waals surface area contributed by atoms with E-state index >= 15 is 0 Å². The van der Waals surface area contributed by atoms with Gasteiger partial charge in [-0.2, -0.15) is 0 Å². The van der Waals surface area contributed by atoms with Gasteiger partial charge in [-0.1, -0.05) is 48.0 Å². The van der Waals surface area contributed by atoms with E-state index in [2.05, 4.69) is 5.32 Å². The number of amides is 1. The number of nitrogens with zero attached hydrogens (tertiary/aromatic N) is 2. The van der Waals surface area contributed by atoms with Gasteiger partial charge in [0, 0.05) is 22.7 Å². The van der Waals surface area contributed by atoms with Crippen molar-refractivity contribution in [2.75, 3.05) is 18.9 Å². The highest BCUT2D eigenvalue weighted by atomic mass is 35.5. The van der Waals surface area contributed by atoms with E-state index in [1.54, 1.807) is 66.5 Å². The molecular weight excluding hydrogens is 461 g/mol. The first-order valence-electron chi connectivity index (χ1n) is 10.7. The van der Waals surface area contributed by atoms with Crippen LogP contribution in [0.25, 0.3) is 0 Å². The summed E-state index contributed by atoms with van der Waals surface area (Å²) in [6.45, 7) is 0.503. The average molecular weight is 482 g/mol. The predicted octanol–water partition coefficient (Wildman–Crippen LogP) is 4.58. The topological polar surface area (TPSA) is 84.7 Å². The van der Waals surface area contributed by atoms with Gasteiger partial charge in [0.15, 0.2) is 5.54 Å². The van der Waals surface area contributed by atoms with Gasteiger partial charge in [0.2, 0.25) is 0 Å². The van der Waals surface area contributed by atoms with Crippen LogP contribution in [0, 0.1) is 15.9 Å². The molecule has 0 aromatic heterocycles. The van der Waals surface area contributed by atoms with Crippen LogP contribution in [0.15, 0.2) is 66.7 Å². The van der Waals surface area contributed by atoms with Crippen molar-refractivity contribution < 1.29 is 18.8 Å². The third-order valence-electron chi connectivity index (χ3n) is 6.73. The van der Waals surface area contributed by atoms with Gasteiger partial charge in [-0.15, -0.1) is 0 Å². The van der Waals surface area contributed by atoms with Crippen molar-refractivity contribution in [3.05, 3.63) is 104 Å². The fourth-order valence-corrected chi connectivity index (χ4v) is 5.43. The highest BCUT2D eigenvalue weighted by molar-refractivity contribution is 6.32. The maximum Gasteiger partial charge on any atom is 0.256 e. The van der Waals surface area contributed by atoms with Gasteiger partial charge in [0.25, 0.3) is 11.9 Å². The third kappa shape index (κ3) is 3.41. The number of ether oxygens (including phenoxy) is 1. The van der Waals surface area contributed by atoms with E-state index in [1.807, 2.05) is 0 Å². The lowest BCUT2D eigenvalue weighted by atomic mass is 9.79. The molecule has 174 valence electrons. The van der Waals surface area contributed by atoms with Gasteiger partial charge in [-0.3, -0.25) is 19.8 Å². The maximum absolute atomic E-state index is 13.2. The number of likely N-dealkylation sites (tertiary alicyclic amines) is 1. The second-order valence-electron chi connectivity index (χ2n) is 8.59. The fourth-order valence-electron chi connectivity index (χ4n) is 5.19. The van der Waals surface area contributed by atoms with Gasteiger partial charge < -0.3 is 10.1 Å². The van der Waals surface area contributed by atoms with Crippen molar-refractivity contribution in [1.29, 1.82) is 0 Å². The van der Waals surface area contributed by atoms with Gasteiger partial charge >= 0.3 is 0 Å². The number of nitro groups is 1. The van der Waals surface area contributed by atoms with Crippen LogP contribution >= 0.6 is 11.6 Å². The van der Waals surface area contributed by atoms with Crippen LogP contribution in [0.2, 0.25) is 5.02 Å². The number of halogens is 2. The van der Waals surface area contributed by atoms with Crippen molar-refractivity contribution in [3.8, 4) is 5.75 Å². The molecule has 1 spiro atoms. The van der Waals surface area contributed by atoms with Crippen LogP contribution in [0.5, 0.6) is 5.75 Å². The number of hydrogen-bond acceptors (Lipinski definition) is 5. The lowest BCUT2D eigenvalue weighted by Gasteiger charge is -2.30. The molecule has 7 nitrogen and oxygen atoms in total. The fraction of sp³-hybridized carbons (Fsp3) is 0.240. The molecular formula is C25H21ClFN3O4. The molecule has 3 aromatic carbocycles. The molecule has 9 heteroatoms. The summed E-state index contributed by atoms with van der Waals surface area (Å²) in [5, 5.41) is 15.5. The molecule has 1 saturated heterocycles. The predicted molar refractivity (Wildman–Crippen MR) is 125 cm³/mol. The first kappa shape index (κ1) is 22.3. The van der Waals surface area contributed by atoms with Crippen molar-refractivity contribution in [2.24, 2.45) is 0 Å². The zero-order valence-electron chi connectivity index (χ0n) is 18.2. The van der Waals surface area contributed by atoms with Crippen LogP contribution in [-0.2, 0) is 16.9 Å².